The average molecular weight is 916 g/mol. The van der Waals surface area contributed by atoms with Crippen LogP contribution < -0.4 is 4.90 Å². The summed E-state index contributed by atoms with van der Waals surface area (Å²) in [6.45, 7) is 0. The van der Waals surface area contributed by atoms with Gasteiger partial charge in [0, 0.05) is 21.5 Å². The van der Waals surface area contributed by atoms with Crippen molar-refractivity contribution in [3.63, 3.8) is 0 Å². The first-order chi connectivity index (χ1) is 34.6. The Morgan fingerprint density at radius 2 is 0.800 bits per heavy atom. The standard InChI is InChI=1S/C68H53NS/c1-5-16-48(17-6-1)67(49-18-7-2-8-19-49)60-25-14-13-24-55(60)57-32-29-53(40-62(57)67)69(64-26-15-27-65-59(64)34-35-70-65)54-30-33-58-56-31-28-52(66-42-45-36-46(43-66)38-47(37-45)44-66)39-61(56)68(63(58)41-54,50-20-9-3-10-21-50)51-22-11-4-12-23-51/h1-35,39-41,45-47H,36-38,42-44H2. The van der Waals surface area contributed by atoms with Crippen LogP contribution in [0.5, 0.6) is 0 Å². The maximum atomic E-state index is 2.72. The highest BCUT2D eigenvalue weighted by Crippen LogP contribution is 2.64. The Hall–Kier alpha value is -7.26. The average Bonchev–Trinajstić information content (AvgIpc) is 4.11. The van der Waals surface area contributed by atoms with Crippen molar-refractivity contribution in [1.82, 2.24) is 0 Å². The molecule has 2 heteroatoms. The van der Waals surface area contributed by atoms with Gasteiger partial charge in [0.05, 0.1) is 16.5 Å². The molecule has 10 aromatic rings. The molecule has 16 rings (SSSR count). The lowest BCUT2D eigenvalue weighted by Crippen LogP contribution is -2.48. The van der Waals surface area contributed by atoms with E-state index in [1.165, 1.54) is 121 Å². The van der Waals surface area contributed by atoms with E-state index >= 15 is 0 Å². The number of hydrogen-bond acceptors (Lipinski definition) is 2. The summed E-state index contributed by atoms with van der Waals surface area (Å²) in [5.74, 6) is 2.64. The second kappa shape index (κ2) is 15.4. The van der Waals surface area contributed by atoms with Crippen molar-refractivity contribution in [3.8, 4) is 22.3 Å². The number of anilines is 3. The summed E-state index contributed by atoms with van der Waals surface area (Å²) in [7, 11) is 0. The highest BCUT2D eigenvalue weighted by molar-refractivity contribution is 7.17. The zero-order chi connectivity index (χ0) is 46.0. The first-order valence-electron chi connectivity index (χ1n) is 25.6. The number of rotatable bonds is 8. The zero-order valence-corrected chi connectivity index (χ0v) is 40.1. The summed E-state index contributed by atoms with van der Waals surface area (Å²) in [5, 5.41) is 3.51. The minimum atomic E-state index is -0.531. The number of benzene rings is 9. The Labute approximate surface area is 415 Å². The van der Waals surface area contributed by atoms with Gasteiger partial charge in [0.15, 0.2) is 0 Å². The smallest absolute Gasteiger partial charge is 0.0714 e. The van der Waals surface area contributed by atoms with Crippen LogP contribution >= 0.6 is 11.3 Å². The molecule has 9 aromatic carbocycles. The van der Waals surface area contributed by atoms with Crippen LogP contribution in [0.15, 0.2) is 230 Å². The minimum Gasteiger partial charge on any atom is -0.310 e. The molecule has 1 heterocycles. The first kappa shape index (κ1) is 40.6. The highest BCUT2D eigenvalue weighted by atomic mass is 32.1. The van der Waals surface area contributed by atoms with Crippen molar-refractivity contribution >= 4 is 38.5 Å². The van der Waals surface area contributed by atoms with Crippen molar-refractivity contribution in [2.45, 2.75) is 54.8 Å². The number of thiophene rings is 1. The van der Waals surface area contributed by atoms with E-state index in [4.69, 9.17) is 0 Å². The van der Waals surface area contributed by atoms with Gasteiger partial charge >= 0.3 is 0 Å². The number of fused-ring (bicyclic) bond motifs is 7. The van der Waals surface area contributed by atoms with E-state index < -0.39 is 10.8 Å². The van der Waals surface area contributed by atoms with Crippen molar-refractivity contribution in [3.05, 3.63) is 280 Å². The molecule has 0 amide bonds. The topological polar surface area (TPSA) is 3.24 Å². The van der Waals surface area contributed by atoms with E-state index in [0.29, 0.717) is 0 Å². The molecule has 0 atom stereocenters. The molecule has 0 unspecified atom stereocenters. The van der Waals surface area contributed by atoms with Gasteiger partial charge in [0.2, 0.25) is 0 Å². The Morgan fingerprint density at radius 1 is 0.357 bits per heavy atom. The van der Waals surface area contributed by atoms with Gasteiger partial charge < -0.3 is 4.90 Å². The summed E-state index contributed by atoms with van der Waals surface area (Å²) in [6, 6.07) is 86.2. The molecule has 4 fully saturated rings. The number of hydrogen-bond donors (Lipinski definition) is 0. The maximum absolute atomic E-state index is 2.72. The van der Waals surface area contributed by atoms with Crippen molar-refractivity contribution in [2.75, 3.05) is 4.90 Å². The summed E-state index contributed by atoms with van der Waals surface area (Å²) in [6.07, 6.45) is 8.39. The summed E-state index contributed by atoms with van der Waals surface area (Å²) >= 11 is 1.82. The third kappa shape index (κ3) is 5.66. The molecule has 0 radical (unpaired) electrons. The molecule has 1 nitrogen and oxygen atoms in total. The fraction of sp³-hybridized carbons (Fsp3) is 0.176. The van der Waals surface area contributed by atoms with E-state index in [2.05, 4.69) is 235 Å². The summed E-state index contributed by atoms with van der Waals surface area (Å²) in [5.41, 5.74) is 20.2. The summed E-state index contributed by atoms with van der Waals surface area (Å²) in [4.78, 5) is 2.57. The van der Waals surface area contributed by atoms with Gasteiger partial charge in [-0.1, -0.05) is 182 Å². The van der Waals surface area contributed by atoms with Crippen LogP contribution in [0.2, 0.25) is 0 Å². The van der Waals surface area contributed by atoms with Gasteiger partial charge in [-0.05, 0) is 182 Å². The first-order valence-corrected chi connectivity index (χ1v) is 26.5. The third-order valence-corrected chi connectivity index (χ3v) is 18.7. The van der Waals surface area contributed by atoms with Crippen LogP contribution in [0.4, 0.5) is 17.1 Å². The van der Waals surface area contributed by atoms with Gasteiger partial charge in [-0.3, -0.25) is 0 Å². The zero-order valence-electron chi connectivity index (χ0n) is 39.3. The van der Waals surface area contributed by atoms with Gasteiger partial charge in [0.25, 0.3) is 0 Å². The predicted molar refractivity (Wildman–Crippen MR) is 291 cm³/mol. The van der Waals surface area contributed by atoms with E-state index in [0.717, 1.165) is 29.1 Å². The van der Waals surface area contributed by atoms with Crippen molar-refractivity contribution in [2.24, 2.45) is 17.8 Å². The van der Waals surface area contributed by atoms with E-state index in [1.807, 2.05) is 11.3 Å². The van der Waals surface area contributed by atoms with Crippen molar-refractivity contribution < 1.29 is 0 Å². The Morgan fingerprint density at radius 3 is 1.33 bits per heavy atom. The highest BCUT2D eigenvalue weighted by Gasteiger charge is 2.53. The van der Waals surface area contributed by atoms with Gasteiger partial charge in [-0.25, -0.2) is 0 Å². The normalized spacial score (nSPS) is 21.5. The molecular weight excluding hydrogens is 863 g/mol. The van der Waals surface area contributed by atoms with Crippen LogP contribution in [-0.4, -0.2) is 0 Å². The van der Waals surface area contributed by atoms with Crippen LogP contribution in [0.1, 0.15) is 88.6 Å². The SMILES string of the molecule is c1ccc(C2(c3ccccc3)c3ccccc3-c3ccc(N(c4ccc5c(c4)C(c4ccccc4)(c4ccccc4)c4cc(C67CC8CC(CC(C8)C6)C7)ccc4-5)c4cccc5sccc45)cc32)cc1. The molecule has 0 saturated heterocycles. The van der Waals surface area contributed by atoms with Gasteiger partial charge in [-0.15, -0.1) is 11.3 Å². The molecule has 4 bridgehead atoms. The van der Waals surface area contributed by atoms with E-state index in [9.17, 15) is 0 Å². The van der Waals surface area contributed by atoms with E-state index in [-0.39, 0.29) is 5.41 Å². The molecule has 0 N–H and O–H groups in total. The molecule has 0 spiro atoms. The van der Waals surface area contributed by atoms with Crippen LogP contribution in [0, 0.1) is 17.8 Å². The summed E-state index contributed by atoms with van der Waals surface area (Å²) < 4.78 is 1.28. The Kier molecular flexibility index (Phi) is 8.92. The monoisotopic (exact) mass is 915 g/mol. The molecule has 1 aromatic heterocycles. The number of nitrogens with zero attached hydrogens (tertiary/aromatic N) is 1. The van der Waals surface area contributed by atoms with Crippen LogP contribution in [0.3, 0.4) is 0 Å². The molecule has 0 aliphatic heterocycles. The molecule has 70 heavy (non-hydrogen) atoms. The predicted octanol–water partition coefficient (Wildman–Crippen LogP) is 17.6. The molecule has 6 aliphatic rings. The van der Waals surface area contributed by atoms with Gasteiger partial charge in [-0.2, -0.15) is 0 Å². The quantitative estimate of drug-likeness (QED) is 0.147. The second-order valence-corrected chi connectivity index (χ2v) is 22.3. The lowest BCUT2D eigenvalue weighted by Gasteiger charge is -2.57. The molecule has 6 aliphatic carbocycles. The fourth-order valence-corrected chi connectivity index (χ4v) is 16.4. The lowest BCUT2D eigenvalue weighted by atomic mass is 9.48. The largest absolute Gasteiger partial charge is 0.310 e. The minimum absolute atomic E-state index is 0.279. The maximum Gasteiger partial charge on any atom is 0.0714 e. The van der Waals surface area contributed by atoms with Crippen molar-refractivity contribution in [1.29, 1.82) is 0 Å². The second-order valence-electron chi connectivity index (χ2n) is 21.4. The van der Waals surface area contributed by atoms with Crippen LogP contribution in [-0.2, 0) is 16.2 Å². The van der Waals surface area contributed by atoms with Crippen LogP contribution in [0.25, 0.3) is 32.3 Å². The Balaban J connectivity index is 0.989. The fourth-order valence-electron chi connectivity index (χ4n) is 15.6. The lowest BCUT2D eigenvalue weighted by molar-refractivity contribution is -0.00522. The molecule has 4 saturated carbocycles. The third-order valence-electron chi connectivity index (χ3n) is 17.9. The van der Waals surface area contributed by atoms with Gasteiger partial charge in [0.1, 0.15) is 0 Å². The molecular formula is C68H53NS. The van der Waals surface area contributed by atoms with E-state index in [1.54, 1.807) is 5.56 Å². The Bertz CT molecular complexity index is 3530. The molecule has 336 valence electrons.